The monoisotopic (exact) mass is 232 g/mol. The summed E-state index contributed by atoms with van der Waals surface area (Å²) < 4.78 is 5.59. The number of hydrogen-bond donors (Lipinski definition) is 1. The molecule has 1 aromatic carbocycles. The molecule has 0 aliphatic heterocycles. The van der Waals surface area contributed by atoms with E-state index >= 15 is 0 Å². The van der Waals surface area contributed by atoms with Crippen LogP contribution in [0.3, 0.4) is 0 Å². The summed E-state index contributed by atoms with van der Waals surface area (Å²) in [6, 6.07) is 6.65. The van der Waals surface area contributed by atoms with Crippen LogP contribution in [-0.4, -0.2) is 11.0 Å². The van der Waals surface area contributed by atoms with Gasteiger partial charge >= 0.3 is 0 Å². The lowest BCUT2D eigenvalue weighted by atomic mass is 10.1. The Balaban J connectivity index is 2.24. The Hall–Kier alpha value is -1.51. The molecule has 0 spiro atoms. The zero-order chi connectivity index (χ0) is 12.3. The van der Waals surface area contributed by atoms with Gasteiger partial charge in [-0.2, -0.15) is 0 Å². The van der Waals surface area contributed by atoms with Gasteiger partial charge in [0.15, 0.2) is 11.5 Å². The molecule has 2 aromatic rings. The van der Waals surface area contributed by atoms with Crippen LogP contribution in [0.5, 0.6) is 0 Å². The Morgan fingerprint density at radius 2 is 2.00 bits per heavy atom. The second-order valence-corrected chi connectivity index (χ2v) is 4.30. The predicted molar refractivity (Wildman–Crippen MR) is 71.4 cm³/mol. The molecule has 92 valence electrons. The van der Waals surface area contributed by atoms with Crippen LogP contribution in [0.15, 0.2) is 22.6 Å². The number of fused-ring (bicyclic) bond motifs is 1. The number of hydrogen-bond acceptors (Lipinski definition) is 3. The van der Waals surface area contributed by atoms with Crippen LogP contribution < -0.4 is 5.32 Å². The van der Waals surface area contributed by atoms with E-state index in [0.717, 1.165) is 41.9 Å². The van der Waals surface area contributed by atoms with E-state index in [1.165, 1.54) is 0 Å². The van der Waals surface area contributed by atoms with Crippen LogP contribution in [0.1, 0.15) is 39.5 Å². The summed E-state index contributed by atoms with van der Waals surface area (Å²) in [4.78, 5) is 4.44. The summed E-state index contributed by atoms with van der Waals surface area (Å²) in [6.45, 7) is 6.45. The van der Waals surface area contributed by atoms with E-state index in [1.807, 2.05) is 13.0 Å². The number of rotatable bonds is 5. The van der Waals surface area contributed by atoms with Gasteiger partial charge in [-0.15, -0.1) is 0 Å². The van der Waals surface area contributed by atoms with E-state index in [9.17, 15) is 0 Å². The fourth-order valence-corrected chi connectivity index (χ4v) is 1.94. The quantitative estimate of drug-likeness (QED) is 0.847. The van der Waals surface area contributed by atoms with E-state index in [4.69, 9.17) is 4.42 Å². The van der Waals surface area contributed by atoms with Crippen molar-refractivity contribution in [2.75, 3.05) is 5.32 Å². The fraction of sp³-hybridized carbons (Fsp3) is 0.500. The molecule has 0 radical (unpaired) electrons. The van der Waals surface area contributed by atoms with Gasteiger partial charge in [0.2, 0.25) is 0 Å². The summed E-state index contributed by atoms with van der Waals surface area (Å²) in [5, 5.41) is 3.52. The number of oxazole rings is 1. The third kappa shape index (κ3) is 2.60. The van der Waals surface area contributed by atoms with Crippen molar-refractivity contribution in [3.8, 4) is 0 Å². The smallest absolute Gasteiger partial charge is 0.195 e. The molecule has 0 atom stereocenters. The van der Waals surface area contributed by atoms with Crippen LogP contribution in [-0.2, 0) is 6.42 Å². The lowest BCUT2D eigenvalue weighted by molar-refractivity contribution is 0.538. The van der Waals surface area contributed by atoms with Gasteiger partial charge in [0.25, 0.3) is 0 Å². The Bertz CT molecular complexity index is 486. The summed E-state index contributed by atoms with van der Waals surface area (Å²) in [5.41, 5.74) is 2.94. The van der Waals surface area contributed by atoms with Gasteiger partial charge in [-0.1, -0.05) is 20.8 Å². The van der Waals surface area contributed by atoms with E-state index < -0.39 is 0 Å². The molecule has 3 nitrogen and oxygen atoms in total. The van der Waals surface area contributed by atoms with Gasteiger partial charge in [0, 0.05) is 18.2 Å². The van der Waals surface area contributed by atoms with Gasteiger partial charge in [-0.25, -0.2) is 4.98 Å². The topological polar surface area (TPSA) is 38.1 Å². The predicted octanol–water partition coefficient (Wildman–Crippen LogP) is 3.99. The molecule has 0 amide bonds. The molecule has 0 fully saturated rings. The van der Waals surface area contributed by atoms with E-state index in [0.29, 0.717) is 6.04 Å². The molecule has 0 saturated carbocycles. The van der Waals surface area contributed by atoms with Gasteiger partial charge in [-0.05, 0) is 31.0 Å². The van der Waals surface area contributed by atoms with Crippen molar-refractivity contribution in [3.05, 3.63) is 24.1 Å². The number of aromatic nitrogens is 1. The highest BCUT2D eigenvalue weighted by Crippen LogP contribution is 2.21. The molecule has 0 aliphatic carbocycles. The molecule has 0 aliphatic rings. The van der Waals surface area contributed by atoms with E-state index in [2.05, 4.69) is 36.3 Å². The first-order valence-electron chi connectivity index (χ1n) is 6.42. The van der Waals surface area contributed by atoms with Gasteiger partial charge < -0.3 is 9.73 Å². The van der Waals surface area contributed by atoms with Crippen LogP contribution in [0.25, 0.3) is 11.1 Å². The first-order chi connectivity index (χ1) is 8.26. The number of benzene rings is 1. The molecule has 3 heteroatoms. The molecule has 0 unspecified atom stereocenters. The molecule has 0 saturated heterocycles. The van der Waals surface area contributed by atoms with Gasteiger partial charge in [-0.3, -0.25) is 0 Å². The third-order valence-electron chi connectivity index (χ3n) is 3.09. The number of aryl methyl sites for hydroxylation is 1. The van der Waals surface area contributed by atoms with Crippen molar-refractivity contribution in [1.29, 1.82) is 0 Å². The molecule has 1 N–H and O–H groups in total. The molecule has 1 heterocycles. The van der Waals surface area contributed by atoms with Crippen LogP contribution in [0, 0.1) is 0 Å². The Labute approximate surface area is 102 Å². The van der Waals surface area contributed by atoms with Crippen molar-refractivity contribution in [1.82, 2.24) is 4.98 Å². The minimum atomic E-state index is 0.532. The normalized spacial score (nSPS) is 11.3. The summed E-state index contributed by atoms with van der Waals surface area (Å²) in [7, 11) is 0. The molecule has 1 aromatic heterocycles. The lowest BCUT2D eigenvalue weighted by Crippen LogP contribution is -2.16. The highest BCUT2D eigenvalue weighted by molar-refractivity contribution is 5.77. The summed E-state index contributed by atoms with van der Waals surface area (Å²) >= 11 is 0. The standard InChI is InChI=1S/C14H20N2O/c1-4-10(5-2)15-11-7-8-13-12(9-11)16-14(6-3)17-13/h7-10,15H,4-6H2,1-3H3. The Morgan fingerprint density at radius 1 is 1.24 bits per heavy atom. The molecular weight excluding hydrogens is 212 g/mol. The van der Waals surface area contributed by atoms with Crippen molar-refractivity contribution < 1.29 is 4.42 Å². The molecule has 17 heavy (non-hydrogen) atoms. The van der Waals surface area contributed by atoms with Gasteiger partial charge in [0.1, 0.15) is 5.52 Å². The molecule has 0 bridgehead atoms. The zero-order valence-corrected chi connectivity index (χ0v) is 10.8. The third-order valence-corrected chi connectivity index (χ3v) is 3.09. The Kier molecular flexibility index (Phi) is 3.67. The van der Waals surface area contributed by atoms with Crippen LogP contribution in [0.2, 0.25) is 0 Å². The minimum absolute atomic E-state index is 0.532. The highest BCUT2D eigenvalue weighted by atomic mass is 16.3. The van der Waals surface area contributed by atoms with E-state index in [1.54, 1.807) is 0 Å². The zero-order valence-electron chi connectivity index (χ0n) is 10.8. The summed E-state index contributed by atoms with van der Waals surface area (Å²) in [6.07, 6.45) is 3.10. The number of nitrogens with one attached hydrogen (secondary N) is 1. The van der Waals surface area contributed by atoms with Crippen molar-refractivity contribution >= 4 is 16.8 Å². The van der Waals surface area contributed by atoms with Crippen LogP contribution in [0.4, 0.5) is 5.69 Å². The van der Waals surface area contributed by atoms with E-state index in [-0.39, 0.29) is 0 Å². The Morgan fingerprint density at radius 3 is 2.65 bits per heavy atom. The SMILES string of the molecule is CCc1nc2cc(NC(CC)CC)ccc2o1. The maximum Gasteiger partial charge on any atom is 0.195 e. The van der Waals surface area contributed by atoms with Crippen LogP contribution >= 0.6 is 0 Å². The first kappa shape index (κ1) is 12.0. The lowest BCUT2D eigenvalue weighted by Gasteiger charge is -2.15. The van der Waals surface area contributed by atoms with Crippen molar-refractivity contribution in [2.24, 2.45) is 0 Å². The maximum absolute atomic E-state index is 5.59. The van der Waals surface area contributed by atoms with Crippen molar-refractivity contribution in [3.63, 3.8) is 0 Å². The maximum atomic E-state index is 5.59. The molecule has 2 rings (SSSR count). The summed E-state index contributed by atoms with van der Waals surface area (Å²) in [5.74, 6) is 0.805. The minimum Gasteiger partial charge on any atom is -0.441 e. The van der Waals surface area contributed by atoms with Crippen molar-refractivity contribution in [2.45, 2.75) is 46.1 Å². The highest BCUT2D eigenvalue weighted by Gasteiger charge is 2.07. The second-order valence-electron chi connectivity index (χ2n) is 4.30. The fourth-order valence-electron chi connectivity index (χ4n) is 1.94. The average Bonchev–Trinajstić information content (AvgIpc) is 2.78. The second kappa shape index (κ2) is 5.21. The molecular formula is C14H20N2O. The number of nitrogens with zero attached hydrogens (tertiary/aromatic N) is 1. The van der Waals surface area contributed by atoms with Gasteiger partial charge in [0.05, 0.1) is 0 Å². The number of anilines is 1. The first-order valence-corrected chi connectivity index (χ1v) is 6.42. The average molecular weight is 232 g/mol. The largest absolute Gasteiger partial charge is 0.441 e.